The molecule has 0 radical (unpaired) electrons. The van der Waals surface area contributed by atoms with E-state index in [2.05, 4.69) is 27.9 Å². The van der Waals surface area contributed by atoms with Crippen molar-refractivity contribution in [3.63, 3.8) is 0 Å². The highest BCUT2D eigenvalue weighted by molar-refractivity contribution is 5.93. The topological polar surface area (TPSA) is 52.8 Å². The van der Waals surface area contributed by atoms with Gasteiger partial charge in [-0.05, 0) is 36.8 Å². The number of methoxy groups -OCH3 is 1. The van der Waals surface area contributed by atoms with E-state index < -0.39 is 0 Å². The van der Waals surface area contributed by atoms with Crippen molar-refractivity contribution in [2.24, 2.45) is 0 Å². The van der Waals surface area contributed by atoms with Crippen LogP contribution < -0.4 is 4.74 Å². The quantitative estimate of drug-likeness (QED) is 0.577. The van der Waals surface area contributed by atoms with Crippen molar-refractivity contribution in [3.05, 3.63) is 66.9 Å². The number of pyridine rings is 2. The number of nitrogens with zero attached hydrogens (tertiary/aromatic N) is 4. The summed E-state index contributed by atoms with van der Waals surface area (Å²) in [5.41, 5.74) is 5.21. The Morgan fingerprint density at radius 1 is 0.958 bits per heavy atom. The molecule has 0 bridgehead atoms. The molecule has 0 unspecified atom stereocenters. The first-order valence-electron chi connectivity index (χ1n) is 7.66. The summed E-state index contributed by atoms with van der Waals surface area (Å²) in [4.78, 5) is 13.3. The standard InChI is InChI=1S/C19H16N4O/c1-13-8-10-20-11-15(13)14-5-3-6-16-18(14)22-12-23(16)19-17(24-2)7-4-9-21-19/h3-12H,1-2H3. The summed E-state index contributed by atoms with van der Waals surface area (Å²) in [6.45, 7) is 2.08. The Kier molecular flexibility index (Phi) is 3.46. The van der Waals surface area contributed by atoms with Crippen LogP contribution in [0.2, 0.25) is 0 Å². The maximum Gasteiger partial charge on any atom is 0.181 e. The van der Waals surface area contributed by atoms with Crippen molar-refractivity contribution in [1.29, 1.82) is 0 Å². The smallest absolute Gasteiger partial charge is 0.181 e. The fourth-order valence-electron chi connectivity index (χ4n) is 2.89. The van der Waals surface area contributed by atoms with Crippen molar-refractivity contribution in [1.82, 2.24) is 19.5 Å². The number of rotatable bonds is 3. The van der Waals surface area contributed by atoms with Crippen LogP contribution in [0, 0.1) is 6.92 Å². The van der Waals surface area contributed by atoms with Gasteiger partial charge >= 0.3 is 0 Å². The largest absolute Gasteiger partial charge is 0.493 e. The zero-order valence-corrected chi connectivity index (χ0v) is 13.5. The van der Waals surface area contributed by atoms with Crippen LogP contribution in [0.4, 0.5) is 0 Å². The highest BCUT2D eigenvalue weighted by Gasteiger charge is 2.14. The monoisotopic (exact) mass is 316 g/mol. The first-order chi connectivity index (χ1) is 11.8. The lowest BCUT2D eigenvalue weighted by Crippen LogP contribution is -1.99. The zero-order chi connectivity index (χ0) is 16.5. The van der Waals surface area contributed by atoms with Gasteiger partial charge in [-0.25, -0.2) is 9.97 Å². The van der Waals surface area contributed by atoms with Gasteiger partial charge < -0.3 is 4.74 Å². The summed E-state index contributed by atoms with van der Waals surface area (Å²) in [6.07, 6.45) is 7.21. The molecule has 0 saturated carbocycles. The molecule has 0 amide bonds. The molecule has 0 saturated heterocycles. The van der Waals surface area contributed by atoms with E-state index in [4.69, 9.17) is 4.74 Å². The van der Waals surface area contributed by atoms with Gasteiger partial charge in [0.1, 0.15) is 6.33 Å². The predicted octanol–water partition coefficient (Wildman–Crippen LogP) is 3.80. The third kappa shape index (κ3) is 2.22. The maximum atomic E-state index is 5.43. The number of fused-ring (bicyclic) bond motifs is 1. The number of hydrogen-bond donors (Lipinski definition) is 0. The molecule has 24 heavy (non-hydrogen) atoms. The van der Waals surface area contributed by atoms with Gasteiger partial charge in [-0.3, -0.25) is 9.55 Å². The minimum Gasteiger partial charge on any atom is -0.493 e. The second-order valence-electron chi connectivity index (χ2n) is 5.51. The number of benzene rings is 1. The first-order valence-corrected chi connectivity index (χ1v) is 7.66. The molecule has 4 rings (SSSR count). The maximum absolute atomic E-state index is 5.43. The third-order valence-corrected chi connectivity index (χ3v) is 4.10. The minimum absolute atomic E-state index is 0.708. The molecular weight excluding hydrogens is 300 g/mol. The summed E-state index contributed by atoms with van der Waals surface area (Å²) in [6, 6.07) is 11.9. The molecule has 0 aliphatic rings. The van der Waals surface area contributed by atoms with Gasteiger partial charge in [0.05, 0.1) is 18.1 Å². The van der Waals surface area contributed by atoms with Gasteiger partial charge in [0.25, 0.3) is 0 Å². The van der Waals surface area contributed by atoms with E-state index in [0.29, 0.717) is 5.75 Å². The molecule has 0 spiro atoms. The highest BCUT2D eigenvalue weighted by atomic mass is 16.5. The van der Waals surface area contributed by atoms with E-state index in [1.807, 2.05) is 41.1 Å². The molecular formula is C19H16N4O. The van der Waals surface area contributed by atoms with Crippen molar-refractivity contribution in [2.75, 3.05) is 7.11 Å². The normalized spacial score (nSPS) is 10.9. The van der Waals surface area contributed by atoms with Gasteiger partial charge in [0, 0.05) is 29.7 Å². The number of aromatic nitrogens is 4. The van der Waals surface area contributed by atoms with Crippen LogP contribution in [0.15, 0.2) is 61.3 Å². The molecule has 5 heteroatoms. The third-order valence-electron chi connectivity index (χ3n) is 4.10. The average Bonchev–Trinajstić information content (AvgIpc) is 3.06. The van der Waals surface area contributed by atoms with Crippen molar-refractivity contribution >= 4 is 11.0 Å². The van der Waals surface area contributed by atoms with Crippen LogP contribution in [0.3, 0.4) is 0 Å². The van der Waals surface area contributed by atoms with Crippen LogP contribution >= 0.6 is 0 Å². The Labute approximate surface area is 139 Å². The molecule has 0 N–H and O–H groups in total. The van der Waals surface area contributed by atoms with E-state index >= 15 is 0 Å². The summed E-state index contributed by atoms with van der Waals surface area (Å²) < 4.78 is 7.38. The van der Waals surface area contributed by atoms with Crippen LogP contribution in [-0.2, 0) is 0 Å². The molecule has 0 aliphatic carbocycles. The van der Waals surface area contributed by atoms with Crippen LogP contribution in [0.25, 0.3) is 28.0 Å². The molecule has 3 heterocycles. The zero-order valence-electron chi connectivity index (χ0n) is 13.5. The summed E-state index contributed by atoms with van der Waals surface area (Å²) in [7, 11) is 1.64. The average molecular weight is 316 g/mol. The Morgan fingerprint density at radius 3 is 2.71 bits per heavy atom. The Hall–Kier alpha value is -3.21. The van der Waals surface area contributed by atoms with Gasteiger partial charge in [-0.1, -0.05) is 12.1 Å². The summed E-state index contributed by atoms with van der Waals surface area (Å²) >= 11 is 0. The Morgan fingerprint density at radius 2 is 1.88 bits per heavy atom. The molecule has 118 valence electrons. The minimum atomic E-state index is 0.708. The second-order valence-corrected chi connectivity index (χ2v) is 5.51. The van der Waals surface area contributed by atoms with Crippen molar-refractivity contribution in [3.8, 4) is 22.7 Å². The van der Waals surface area contributed by atoms with E-state index in [1.54, 1.807) is 25.8 Å². The molecule has 3 aromatic heterocycles. The van der Waals surface area contributed by atoms with E-state index in [1.165, 1.54) is 5.56 Å². The molecule has 5 nitrogen and oxygen atoms in total. The van der Waals surface area contributed by atoms with Gasteiger partial charge in [-0.15, -0.1) is 0 Å². The molecule has 4 aromatic rings. The number of ether oxygens (including phenoxy) is 1. The second kappa shape index (κ2) is 5.77. The Balaban J connectivity index is 1.97. The number of aryl methyl sites for hydroxylation is 1. The highest BCUT2D eigenvalue weighted by Crippen LogP contribution is 2.31. The summed E-state index contributed by atoms with van der Waals surface area (Å²) in [5, 5.41) is 0. The van der Waals surface area contributed by atoms with Crippen LogP contribution in [-0.4, -0.2) is 26.6 Å². The number of imidazole rings is 1. The van der Waals surface area contributed by atoms with E-state index in [9.17, 15) is 0 Å². The molecule has 0 atom stereocenters. The Bertz CT molecular complexity index is 1020. The van der Waals surface area contributed by atoms with E-state index in [-0.39, 0.29) is 0 Å². The lowest BCUT2D eigenvalue weighted by atomic mass is 10.0. The molecule has 0 aliphatic heterocycles. The van der Waals surface area contributed by atoms with Crippen LogP contribution in [0.1, 0.15) is 5.56 Å². The van der Waals surface area contributed by atoms with Gasteiger partial charge in [0.15, 0.2) is 11.6 Å². The lowest BCUT2D eigenvalue weighted by molar-refractivity contribution is 0.411. The fraction of sp³-hybridized carbons (Fsp3) is 0.105. The number of para-hydroxylation sites is 1. The molecule has 1 aromatic carbocycles. The van der Waals surface area contributed by atoms with Gasteiger partial charge in [-0.2, -0.15) is 0 Å². The predicted molar refractivity (Wildman–Crippen MR) is 93.4 cm³/mol. The fourth-order valence-corrected chi connectivity index (χ4v) is 2.89. The first kappa shape index (κ1) is 14.4. The SMILES string of the molecule is COc1cccnc1-n1cnc2c(-c3cnccc3C)cccc21. The molecule has 0 fully saturated rings. The summed E-state index contributed by atoms with van der Waals surface area (Å²) in [5.74, 6) is 1.43. The number of hydrogen-bond acceptors (Lipinski definition) is 4. The lowest BCUT2D eigenvalue weighted by Gasteiger charge is -2.09. The van der Waals surface area contributed by atoms with E-state index in [0.717, 1.165) is 28.0 Å². The van der Waals surface area contributed by atoms with Crippen LogP contribution in [0.5, 0.6) is 5.75 Å². The van der Waals surface area contributed by atoms with Crippen molar-refractivity contribution < 1.29 is 4.74 Å². The van der Waals surface area contributed by atoms with Crippen molar-refractivity contribution in [2.45, 2.75) is 6.92 Å². The van der Waals surface area contributed by atoms with Gasteiger partial charge in [0.2, 0.25) is 0 Å².